The van der Waals surface area contributed by atoms with E-state index in [0.29, 0.717) is 18.7 Å². The summed E-state index contributed by atoms with van der Waals surface area (Å²) in [6.45, 7) is 0.831. The number of benzene rings is 2. The zero-order valence-electron chi connectivity index (χ0n) is 18.6. The summed E-state index contributed by atoms with van der Waals surface area (Å²) in [6.07, 6.45) is -4.12. The monoisotopic (exact) mass is 564 g/mol. The lowest BCUT2D eigenvalue weighted by atomic mass is 9.83. The van der Waals surface area contributed by atoms with E-state index in [9.17, 15) is 26.6 Å². The molecule has 13 heteroatoms. The summed E-state index contributed by atoms with van der Waals surface area (Å²) in [4.78, 5) is 18.7. The van der Waals surface area contributed by atoms with Crippen LogP contribution in [0.25, 0.3) is 0 Å². The van der Waals surface area contributed by atoms with Gasteiger partial charge in [0.15, 0.2) is 5.82 Å². The van der Waals surface area contributed by atoms with Gasteiger partial charge in [0.25, 0.3) is 5.60 Å². The van der Waals surface area contributed by atoms with Crippen molar-refractivity contribution in [3.05, 3.63) is 68.4 Å². The quantitative estimate of drug-likeness (QED) is 0.400. The number of nitrogens with zero attached hydrogens (tertiary/aromatic N) is 2. The highest BCUT2D eigenvalue weighted by molar-refractivity contribution is 7.85. The number of carbonyl (C=O) groups is 1. The van der Waals surface area contributed by atoms with Crippen molar-refractivity contribution in [2.24, 2.45) is 5.16 Å². The SMILES string of the molecule is CS(=O)CC(=O)N1CC2(C1)OCc1cc(C3=NOC(c4cc(Cl)c(F)c(Cl)c4)(C(F)(F)F)C3)ccc12. The molecule has 0 bridgehead atoms. The molecule has 2 aromatic rings. The predicted octanol–water partition coefficient (Wildman–Crippen LogP) is 4.66. The number of hydrogen-bond donors (Lipinski definition) is 0. The molecule has 0 saturated carbocycles. The molecule has 0 radical (unpaired) electrons. The third-order valence-corrected chi connectivity index (χ3v) is 7.84. The van der Waals surface area contributed by atoms with Gasteiger partial charge in [-0.25, -0.2) is 4.39 Å². The Hall–Kier alpha value is -2.21. The van der Waals surface area contributed by atoms with Gasteiger partial charge >= 0.3 is 6.18 Å². The van der Waals surface area contributed by atoms with Crippen LogP contribution in [0.5, 0.6) is 0 Å². The molecule has 1 fully saturated rings. The van der Waals surface area contributed by atoms with Crippen molar-refractivity contribution < 1.29 is 36.1 Å². The van der Waals surface area contributed by atoms with Crippen molar-refractivity contribution in [2.45, 2.75) is 30.4 Å². The number of halogens is 6. The molecule has 3 heterocycles. The van der Waals surface area contributed by atoms with Crippen LogP contribution >= 0.6 is 23.2 Å². The summed E-state index contributed by atoms with van der Waals surface area (Å²) in [5.41, 5.74) is -1.97. The molecular formula is C23H18Cl2F4N2O4S. The summed E-state index contributed by atoms with van der Waals surface area (Å²) in [5.74, 6) is -1.31. The maximum Gasteiger partial charge on any atom is 0.435 e. The highest BCUT2D eigenvalue weighted by Crippen LogP contribution is 2.50. The zero-order valence-corrected chi connectivity index (χ0v) is 21.0. The van der Waals surface area contributed by atoms with Crippen LogP contribution in [0.2, 0.25) is 10.0 Å². The topological polar surface area (TPSA) is 68.2 Å². The van der Waals surface area contributed by atoms with Gasteiger partial charge in [-0.1, -0.05) is 40.5 Å². The molecule has 0 N–H and O–H groups in total. The van der Waals surface area contributed by atoms with Crippen LogP contribution in [0, 0.1) is 5.82 Å². The molecular weight excluding hydrogens is 547 g/mol. The fraction of sp³-hybridized carbons (Fsp3) is 0.391. The van der Waals surface area contributed by atoms with Gasteiger partial charge in [-0.2, -0.15) is 13.2 Å². The minimum absolute atomic E-state index is 0.0449. The Morgan fingerprint density at radius 2 is 1.86 bits per heavy atom. The first-order valence-corrected chi connectivity index (χ1v) is 13.2. The highest BCUT2D eigenvalue weighted by Gasteiger charge is 2.62. The zero-order chi connectivity index (χ0) is 26.0. The number of hydrogen-bond acceptors (Lipinski definition) is 5. The van der Waals surface area contributed by atoms with E-state index >= 15 is 0 Å². The van der Waals surface area contributed by atoms with Crippen molar-refractivity contribution >= 4 is 45.6 Å². The van der Waals surface area contributed by atoms with E-state index in [-0.39, 0.29) is 24.0 Å². The van der Waals surface area contributed by atoms with Crippen LogP contribution in [-0.4, -0.2) is 52.0 Å². The van der Waals surface area contributed by atoms with Gasteiger partial charge in [0.1, 0.15) is 11.4 Å². The normalized spacial score (nSPS) is 23.2. The van der Waals surface area contributed by atoms with E-state index in [1.54, 1.807) is 23.1 Å². The van der Waals surface area contributed by atoms with Crippen LogP contribution in [-0.2, 0) is 43.0 Å². The number of ether oxygens (including phenoxy) is 1. The van der Waals surface area contributed by atoms with Crippen molar-refractivity contribution in [3.63, 3.8) is 0 Å². The molecule has 1 amide bonds. The van der Waals surface area contributed by atoms with Crippen molar-refractivity contribution in [3.8, 4) is 0 Å². The van der Waals surface area contributed by atoms with Crippen molar-refractivity contribution in [1.29, 1.82) is 0 Å². The Kier molecular flexibility index (Phi) is 6.13. The number of alkyl halides is 3. The first kappa shape index (κ1) is 25.4. The van der Waals surface area contributed by atoms with Crippen LogP contribution < -0.4 is 0 Å². The lowest BCUT2D eigenvalue weighted by molar-refractivity contribution is -0.275. The van der Waals surface area contributed by atoms with E-state index < -0.39 is 56.0 Å². The Morgan fingerprint density at radius 1 is 1.19 bits per heavy atom. The second kappa shape index (κ2) is 8.68. The number of oxime groups is 1. The van der Waals surface area contributed by atoms with Gasteiger partial charge in [-0.15, -0.1) is 0 Å². The third kappa shape index (κ3) is 4.00. The van der Waals surface area contributed by atoms with Gasteiger partial charge in [0.05, 0.1) is 35.5 Å². The molecule has 1 spiro atoms. The average Bonchev–Trinajstić information content (AvgIpc) is 3.38. The fourth-order valence-electron chi connectivity index (χ4n) is 4.75. The van der Waals surface area contributed by atoms with Crippen LogP contribution in [0.1, 0.15) is 28.7 Å². The number of fused-ring (bicyclic) bond motifs is 2. The van der Waals surface area contributed by atoms with E-state index in [2.05, 4.69) is 5.16 Å². The Bertz CT molecular complexity index is 1310. The Balaban J connectivity index is 1.39. The number of likely N-dealkylation sites (tertiary alicyclic amines) is 1. The second-order valence-corrected chi connectivity index (χ2v) is 11.3. The Labute approximate surface area is 215 Å². The fourth-order valence-corrected chi connectivity index (χ4v) is 5.77. The molecule has 5 rings (SSSR count). The molecule has 3 aliphatic heterocycles. The Morgan fingerprint density at radius 3 is 2.47 bits per heavy atom. The van der Waals surface area contributed by atoms with Crippen LogP contribution in [0.15, 0.2) is 35.5 Å². The lowest BCUT2D eigenvalue weighted by Gasteiger charge is -2.47. The van der Waals surface area contributed by atoms with Gasteiger partial charge in [0.2, 0.25) is 5.91 Å². The van der Waals surface area contributed by atoms with Crippen molar-refractivity contribution in [1.82, 2.24) is 4.90 Å². The third-order valence-electron chi connectivity index (χ3n) is 6.64. The largest absolute Gasteiger partial charge is 0.435 e. The summed E-state index contributed by atoms with van der Waals surface area (Å²) in [5, 5.41) is 2.62. The number of rotatable bonds is 4. The van der Waals surface area contributed by atoms with E-state index in [1.165, 1.54) is 6.26 Å². The number of amides is 1. The molecule has 1 saturated heterocycles. The standard InChI is InChI=1S/C23H18Cl2F4N2O4S/c1-36(33)9-19(32)31-10-21(11-31)15-3-2-12(4-13(15)8-34-21)18-7-22(35-30-18,23(27,28)29)14-5-16(24)20(26)17(25)6-14/h2-6H,7-11H2,1H3. The average molecular weight is 565 g/mol. The summed E-state index contributed by atoms with van der Waals surface area (Å²) in [6, 6.07) is 6.74. The molecule has 0 aromatic heterocycles. The highest BCUT2D eigenvalue weighted by atomic mass is 35.5. The summed E-state index contributed by atoms with van der Waals surface area (Å²) >= 11 is 11.5. The van der Waals surface area contributed by atoms with Gasteiger partial charge in [-0.3, -0.25) is 9.00 Å². The molecule has 192 valence electrons. The summed E-state index contributed by atoms with van der Waals surface area (Å²) in [7, 11) is -1.25. The van der Waals surface area contributed by atoms with Gasteiger partial charge in [-0.05, 0) is 34.9 Å². The van der Waals surface area contributed by atoms with E-state index in [0.717, 1.165) is 23.3 Å². The molecule has 36 heavy (non-hydrogen) atoms. The van der Waals surface area contributed by atoms with Crippen molar-refractivity contribution in [2.75, 3.05) is 25.1 Å². The smallest absolute Gasteiger partial charge is 0.374 e. The maximum atomic E-state index is 14.3. The maximum absolute atomic E-state index is 14.3. The van der Waals surface area contributed by atoms with Crippen LogP contribution in [0.4, 0.5) is 17.6 Å². The number of carbonyl (C=O) groups excluding carboxylic acids is 1. The predicted molar refractivity (Wildman–Crippen MR) is 125 cm³/mol. The van der Waals surface area contributed by atoms with E-state index in [1.807, 2.05) is 0 Å². The summed E-state index contributed by atoms with van der Waals surface area (Å²) < 4.78 is 73.9. The molecule has 0 aliphatic carbocycles. The second-order valence-electron chi connectivity index (χ2n) is 9.01. The molecule has 6 nitrogen and oxygen atoms in total. The molecule has 3 aliphatic rings. The first-order chi connectivity index (χ1) is 16.8. The van der Waals surface area contributed by atoms with Gasteiger partial charge in [0, 0.05) is 29.0 Å². The minimum Gasteiger partial charge on any atom is -0.374 e. The van der Waals surface area contributed by atoms with E-state index in [4.69, 9.17) is 32.8 Å². The van der Waals surface area contributed by atoms with Gasteiger partial charge < -0.3 is 14.5 Å². The van der Waals surface area contributed by atoms with Crippen LogP contribution in [0.3, 0.4) is 0 Å². The molecule has 2 atom stereocenters. The minimum atomic E-state index is -4.91. The molecule has 2 aromatic carbocycles. The molecule has 2 unspecified atom stereocenters. The lowest BCUT2D eigenvalue weighted by Crippen LogP contribution is -2.61. The first-order valence-electron chi connectivity index (χ1n) is 10.7.